The van der Waals surface area contributed by atoms with Crippen LogP contribution in [0.15, 0.2) is 54.7 Å². The first-order valence-electron chi connectivity index (χ1n) is 10.9. The number of fused-ring (bicyclic) bond motifs is 1. The van der Waals surface area contributed by atoms with Crippen molar-refractivity contribution in [2.45, 2.75) is 52.7 Å². The first-order chi connectivity index (χ1) is 15.8. The van der Waals surface area contributed by atoms with E-state index >= 15 is 0 Å². The molecule has 0 radical (unpaired) electrons. The Kier molecular flexibility index (Phi) is 7.00. The van der Waals surface area contributed by atoms with E-state index in [2.05, 4.69) is 10.3 Å². The second-order valence-corrected chi connectivity index (χ2v) is 9.77. The van der Waals surface area contributed by atoms with E-state index in [4.69, 9.17) is 14.2 Å². The standard InChI is InChI=1S/C26H31N3O5/c1-25(2,3)33-23(30)28-22-16-17(14-15-27-22)32-21-13-12-20(18-10-8-9-11-19(18)21)29(7)24(31)34-26(4,5)6/h8-16H,1-7H3,(H,27,28,30). The third-order valence-electron chi connectivity index (χ3n) is 4.48. The number of nitrogens with one attached hydrogen (secondary N) is 1. The summed E-state index contributed by atoms with van der Waals surface area (Å²) in [6.07, 6.45) is 0.491. The number of carbonyl (C=O) groups excluding carboxylic acids is 2. The summed E-state index contributed by atoms with van der Waals surface area (Å²) in [5.41, 5.74) is -0.527. The van der Waals surface area contributed by atoms with E-state index in [0.717, 1.165) is 10.8 Å². The van der Waals surface area contributed by atoms with E-state index < -0.39 is 23.4 Å². The number of ether oxygens (including phenoxy) is 3. The maximum absolute atomic E-state index is 12.6. The summed E-state index contributed by atoms with van der Waals surface area (Å²) in [6, 6.07) is 14.5. The van der Waals surface area contributed by atoms with Crippen LogP contribution >= 0.6 is 0 Å². The smallest absolute Gasteiger partial charge is 0.414 e. The van der Waals surface area contributed by atoms with Crippen LogP contribution in [0, 0.1) is 0 Å². The summed E-state index contributed by atoms with van der Waals surface area (Å²) >= 11 is 0. The third kappa shape index (κ3) is 6.60. The fourth-order valence-electron chi connectivity index (χ4n) is 3.14. The number of benzene rings is 2. The largest absolute Gasteiger partial charge is 0.457 e. The van der Waals surface area contributed by atoms with Gasteiger partial charge < -0.3 is 14.2 Å². The average molecular weight is 466 g/mol. The molecule has 0 fully saturated rings. The van der Waals surface area contributed by atoms with E-state index in [1.165, 1.54) is 11.1 Å². The lowest BCUT2D eigenvalue weighted by Gasteiger charge is -2.25. The van der Waals surface area contributed by atoms with Crippen molar-refractivity contribution in [3.8, 4) is 11.5 Å². The molecule has 1 aromatic heterocycles. The minimum absolute atomic E-state index is 0.303. The van der Waals surface area contributed by atoms with Gasteiger partial charge in [-0.25, -0.2) is 14.6 Å². The Labute approximate surface area is 199 Å². The molecule has 180 valence electrons. The minimum atomic E-state index is -0.620. The Morgan fingerprint density at radius 2 is 1.53 bits per heavy atom. The summed E-state index contributed by atoms with van der Waals surface area (Å²) in [7, 11) is 1.67. The molecular formula is C26H31N3O5. The van der Waals surface area contributed by atoms with Crippen molar-refractivity contribution >= 4 is 34.5 Å². The van der Waals surface area contributed by atoms with Gasteiger partial charge >= 0.3 is 12.2 Å². The van der Waals surface area contributed by atoms with Crippen molar-refractivity contribution in [2.24, 2.45) is 0 Å². The summed E-state index contributed by atoms with van der Waals surface area (Å²) < 4.78 is 16.9. The average Bonchev–Trinajstić information content (AvgIpc) is 2.71. The van der Waals surface area contributed by atoms with Crippen LogP contribution in [0.4, 0.5) is 21.1 Å². The summed E-state index contributed by atoms with van der Waals surface area (Å²) in [5.74, 6) is 1.38. The van der Waals surface area contributed by atoms with Crippen molar-refractivity contribution in [3.05, 3.63) is 54.7 Å². The van der Waals surface area contributed by atoms with Gasteiger partial charge in [0.05, 0.1) is 5.69 Å². The fraction of sp³-hybridized carbons (Fsp3) is 0.346. The van der Waals surface area contributed by atoms with E-state index in [0.29, 0.717) is 23.0 Å². The number of carbonyl (C=O) groups is 2. The molecule has 0 saturated carbocycles. The molecular weight excluding hydrogens is 434 g/mol. The second kappa shape index (κ2) is 9.59. The van der Waals surface area contributed by atoms with Gasteiger partial charge in [0.1, 0.15) is 28.5 Å². The molecule has 1 heterocycles. The number of anilines is 2. The number of pyridine rings is 1. The summed E-state index contributed by atoms with van der Waals surface area (Å²) in [4.78, 5) is 30.3. The van der Waals surface area contributed by atoms with Crippen LogP contribution in [0.5, 0.6) is 11.5 Å². The topological polar surface area (TPSA) is 90.0 Å². The molecule has 1 N–H and O–H groups in total. The molecule has 8 nitrogen and oxygen atoms in total. The van der Waals surface area contributed by atoms with E-state index in [-0.39, 0.29) is 0 Å². The van der Waals surface area contributed by atoms with Crippen LogP contribution in [0.25, 0.3) is 10.8 Å². The predicted octanol–water partition coefficient (Wildman–Crippen LogP) is 6.75. The van der Waals surface area contributed by atoms with Crippen LogP contribution in [0.3, 0.4) is 0 Å². The molecule has 0 spiro atoms. The van der Waals surface area contributed by atoms with Crippen LogP contribution in [-0.2, 0) is 9.47 Å². The highest BCUT2D eigenvalue weighted by Gasteiger charge is 2.22. The predicted molar refractivity (Wildman–Crippen MR) is 133 cm³/mol. The van der Waals surface area contributed by atoms with Gasteiger partial charge in [0.2, 0.25) is 0 Å². The van der Waals surface area contributed by atoms with Crippen LogP contribution < -0.4 is 15.0 Å². The van der Waals surface area contributed by atoms with Gasteiger partial charge in [-0.2, -0.15) is 0 Å². The van der Waals surface area contributed by atoms with Gasteiger partial charge in [0.15, 0.2) is 0 Å². The van der Waals surface area contributed by atoms with Crippen molar-refractivity contribution in [2.75, 3.05) is 17.3 Å². The van der Waals surface area contributed by atoms with Gasteiger partial charge in [-0.1, -0.05) is 24.3 Å². The molecule has 3 aromatic rings. The Morgan fingerprint density at radius 1 is 0.882 bits per heavy atom. The monoisotopic (exact) mass is 465 g/mol. The minimum Gasteiger partial charge on any atom is -0.457 e. The molecule has 0 bridgehead atoms. The first kappa shape index (κ1) is 24.8. The zero-order valence-electron chi connectivity index (χ0n) is 20.6. The maximum Gasteiger partial charge on any atom is 0.414 e. The lowest BCUT2D eigenvalue weighted by Crippen LogP contribution is -2.34. The molecule has 0 aliphatic carbocycles. The lowest BCUT2D eigenvalue weighted by atomic mass is 10.1. The highest BCUT2D eigenvalue weighted by atomic mass is 16.6. The molecule has 0 atom stereocenters. The Balaban J connectivity index is 1.86. The molecule has 0 aliphatic rings. The highest BCUT2D eigenvalue weighted by Crippen LogP contribution is 2.36. The first-order valence-corrected chi connectivity index (χ1v) is 10.9. The second-order valence-electron chi connectivity index (χ2n) is 9.77. The molecule has 0 saturated heterocycles. The maximum atomic E-state index is 12.6. The van der Waals surface area contributed by atoms with Crippen LogP contribution in [0.2, 0.25) is 0 Å². The molecule has 34 heavy (non-hydrogen) atoms. The number of hydrogen-bond donors (Lipinski definition) is 1. The van der Waals surface area contributed by atoms with Gasteiger partial charge in [0.25, 0.3) is 0 Å². The molecule has 2 amide bonds. The molecule has 2 aromatic carbocycles. The van der Waals surface area contributed by atoms with Gasteiger partial charge in [-0.3, -0.25) is 10.2 Å². The summed E-state index contributed by atoms with van der Waals surface area (Å²) in [6.45, 7) is 10.8. The summed E-state index contributed by atoms with van der Waals surface area (Å²) in [5, 5.41) is 4.25. The van der Waals surface area contributed by atoms with Crippen LogP contribution in [-0.4, -0.2) is 35.4 Å². The SMILES string of the molecule is CN(C(=O)OC(C)(C)C)c1ccc(Oc2ccnc(NC(=O)OC(C)(C)C)c2)c2ccccc12. The van der Waals surface area contributed by atoms with Gasteiger partial charge in [-0.05, 0) is 59.7 Å². The van der Waals surface area contributed by atoms with Crippen molar-refractivity contribution < 1.29 is 23.8 Å². The number of rotatable bonds is 4. The zero-order valence-corrected chi connectivity index (χ0v) is 20.6. The Morgan fingerprint density at radius 3 is 2.18 bits per heavy atom. The molecule has 0 aliphatic heterocycles. The lowest BCUT2D eigenvalue weighted by molar-refractivity contribution is 0.0587. The normalized spacial score (nSPS) is 11.6. The molecule has 3 rings (SSSR count). The Hall–Kier alpha value is -3.81. The van der Waals surface area contributed by atoms with Crippen molar-refractivity contribution in [1.82, 2.24) is 4.98 Å². The van der Waals surface area contributed by atoms with Crippen molar-refractivity contribution in [1.29, 1.82) is 0 Å². The van der Waals surface area contributed by atoms with Gasteiger partial charge in [0, 0.05) is 30.1 Å². The highest BCUT2D eigenvalue weighted by molar-refractivity contribution is 6.03. The fourth-order valence-corrected chi connectivity index (χ4v) is 3.14. The number of nitrogens with zero attached hydrogens (tertiary/aromatic N) is 2. The molecule has 0 unspecified atom stereocenters. The van der Waals surface area contributed by atoms with Gasteiger partial charge in [-0.15, -0.1) is 0 Å². The van der Waals surface area contributed by atoms with E-state index in [1.807, 2.05) is 51.1 Å². The number of hydrogen-bond acceptors (Lipinski definition) is 6. The third-order valence-corrected chi connectivity index (χ3v) is 4.48. The van der Waals surface area contributed by atoms with Crippen LogP contribution in [0.1, 0.15) is 41.5 Å². The zero-order chi connectivity index (χ0) is 25.1. The molecule has 8 heteroatoms. The van der Waals surface area contributed by atoms with E-state index in [9.17, 15) is 9.59 Å². The van der Waals surface area contributed by atoms with E-state index in [1.54, 1.807) is 46.0 Å². The Bertz CT molecular complexity index is 1190. The quantitative estimate of drug-likeness (QED) is 0.459. The number of amides is 2. The van der Waals surface area contributed by atoms with Crippen molar-refractivity contribution in [3.63, 3.8) is 0 Å². The number of aromatic nitrogens is 1.